The number of amides is 1. The Bertz CT molecular complexity index is 1780. The number of aromatic amines is 1. The second kappa shape index (κ2) is 18.9. The van der Waals surface area contributed by atoms with Crippen LogP contribution in [0.1, 0.15) is 19.0 Å². The van der Waals surface area contributed by atoms with Gasteiger partial charge in [-0.15, -0.1) is 0 Å². The van der Waals surface area contributed by atoms with E-state index >= 15 is 0 Å². The molecule has 0 fully saturated rings. The van der Waals surface area contributed by atoms with Crippen molar-refractivity contribution in [1.29, 1.82) is 0 Å². The number of benzene rings is 2. The maximum absolute atomic E-state index is 13.3. The van der Waals surface area contributed by atoms with Crippen LogP contribution in [0.25, 0.3) is 10.9 Å². The molecule has 0 aliphatic heterocycles. The summed E-state index contributed by atoms with van der Waals surface area (Å²) >= 11 is 0. The average molecular weight is 704 g/mol. The first-order chi connectivity index (χ1) is 23.3. The van der Waals surface area contributed by atoms with Gasteiger partial charge in [0.2, 0.25) is 5.91 Å². The number of rotatable bonds is 17. The number of carbonyl (C=O) groups excluding carboxylic acids is 1. The van der Waals surface area contributed by atoms with E-state index in [9.17, 15) is 23.3 Å². The monoisotopic (exact) mass is 703 g/mol. The van der Waals surface area contributed by atoms with Crippen LogP contribution in [0, 0.1) is 5.82 Å². The molecule has 0 aliphatic rings. The Hall–Kier alpha value is -5.26. The zero-order valence-corrected chi connectivity index (χ0v) is 27.0. The van der Waals surface area contributed by atoms with Gasteiger partial charge in [0.05, 0.1) is 25.2 Å². The highest BCUT2D eigenvalue weighted by Crippen LogP contribution is 2.35. The number of carbonyl (C=O) groups is 3. The zero-order valence-electron chi connectivity index (χ0n) is 26.2. The molecule has 4 rings (SSSR count). The first-order valence-corrected chi connectivity index (χ1v) is 16.1. The molecule has 0 atom stereocenters. The van der Waals surface area contributed by atoms with Gasteiger partial charge in [0.1, 0.15) is 23.7 Å². The quantitative estimate of drug-likeness (QED) is 0.0473. The Kier molecular flexibility index (Phi) is 14.7. The minimum absolute atomic E-state index is 0.0214. The maximum atomic E-state index is 13.3. The molecule has 17 nitrogen and oxygen atoms in total. The van der Waals surface area contributed by atoms with Gasteiger partial charge in [-0.05, 0) is 43.3 Å². The first-order valence-electron chi connectivity index (χ1n) is 14.6. The van der Waals surface area contributed by atoms with E-state index in [4.69, 9.17) is 24.7 Å². The number of likely N-dealkylation sites (N-methyl/N-ethyl adjacent to an activating group) is 1. The maximum Gasteiger partial charge on any atom is 0.469 e. The number of aromatic nitrogens is 4. The van der Waals surface area contributed by atoms with Crippen LogP contribution in [0.4, 0.5) is 21.7 Å². The number of fused-ring (bicyclic) bond motifs is 1. The van der Waals surface area contributed by atoms with Crippen LogP contribution >= 0.6 is 7.82 Å². The second-order valence-corrected chi connectivity index (χ2v) is 11.2. The fourth-order valence-corrected chi connectivity index (χ4v) is 4.47. The number of carboxylic acids is 2. The molecule has 0 saturated heterocycles. The molecule has 7 N–H and O–H groups in total. The lowest BCUT2D eigenvalue weighted by molar-refractivity contribution is -0.134. The van der Waals surface area contributed by atoms with Gasteiger partial charge in [-0.2, -0.15) is 5.10 Å². The largest absolute Gasteiger partial charge is 0.493 e. The van der Waals surface area contributed by atoms with Crippen LogP contribution in [0.3, 0.4) is 0 Å². The summed E-state index contributed by atoms with van der Waals surface area (Å²) in [6, 6.07) is 12.8. The lowest BCUT2D eigenvalue weighted by Crippen LogP contribution is -2.29. The fraction of sp³-hybridized carbons (Fsp3) is 0.267. The number of H-pyrrole nitrogens is 1. The number of halogens is 1. The van der Waals surface area contributed by atoms with E-state index in [-0.39, 0.29) is 18.9 Å². The van der Waals surface area contributed by atoms with Gasteiger partial charge in [0, 0.05) is 54.1 Å². The lowest BCUT2D eigenvalue weighted by atomic mass is 10.2. The Balaban J connectivity index is 0.000000723. The smallest absolute Gasteiger partial charge is 0.469 e. The van der Waals surface area contributed by atoms with Gasteiger partial charge in [-0.25, -0.2) is 28.5 Å². The molecule has 0 bridgehead atoms. The number of anilines is 3. The predicted octanol–water partition coefficient (Wildman–Crippen LogP) is 3.33. The Morgan fingerprint density at radius 3 is 2.45 bits per heavy atom. The first kappa shape index (κ1) is 38.2. The molecule has 0 radical (unpaired) electrons. The number of aliphatic carboxylic acids is 2. The van der Waals surface area contributed by atoms with Gasteiger partial charge in [-0.1, -0.05) is 13.0 Å². The molecule has 1 amide bonds. The molecule has 2 aromatic heterocycles. The highest BCUT2D eigenvalue weighted by atomic mass is 31.2. The molecule has 0 unspecified atom stereocenters. The molecule has 0 saturated carbocycles. The summed E-state index contributed by atoms with van der Waals surface area (Å²) in [6.45, 7) is 4.16. The average Bonchev–Trinajstić information content (AvgIpc) is 3.47. The highest BCUT2D eigenvalue weighted by molar-refractivity contribution is 7.46. The van der Waals surface area contributed by atoms with Crippen LogP contribution in [-0.2, 0) is 29.9 Å². The molecular formula is C30H35FN7O10P. The molecule has 0 spiro atoms. The summed E-state index contributed by atoms with van der Waals surface area (Å²) in [5, 5.41) is 29.2. The van der Waals surface area contributed by atoms with Crippen LogP contribution < -0.4 is 15.4 Å². The van der Waals surface area contributed by atoms with E-state index < -0.39 is 25.6 Å². The summed E-state index contributed by atoms with van der Waals surface area (Å²) in [5.41, 5.74) is 1.60. The molecule has 49 heavy (non-hydrogen) atoms. The number of phosphoric ester groups is 1. The zero-order chi connectivity index (χ0) is 35.8. The molecule has 2 aromatic carbocycles. The summed E-state index contributed by atoms with van der Waals surface area (Å²) in [7, 11) is -4.46. The normalized spacial score (nSPS) is 11.3. The van der Waals surface area contributed by atoms with Crippen molar-refractivity contribution in [3.05, 3.63) is 78.5 Å². The molecule has 2 heterocycles. The Morgan fingerprint density at radius 2 is 1.78 bits per heavy atom. The number of phosphoric acid groups is 1. The summed E-state index contributed by atoms with van der Waals surface area (Å²) in [6.07, 6.45) is 3.27. The van der Waals surface area contributed by atoms with Crippen molar-refractivity contribution < 1.29 is 52.6 Å². The topological polar surface area (TPSA) is 249 Å². The van der Waals surface area contributed by atoms with Gasteiger partial charge in [0.15, 0.2) is 5.82 Å². The highest BCUT2D eigenvalue weighted by Gasteiger charge is 2.14. The van der Waals surface area contributed by atoms with E-state index in [2.05, 4.69) is 35.3 Å². The summed E-state index contributed by atoms with van der Waals surface area (Å²) in [5.74, 6) is -1.63. The molecule has 19 heteroatoms. The van der Waals surface area contributed by atoms with Gasteiger partial charge >= 0.3 is 19.8 Å². The second-order valence-electron chi connectivity index (χ2n) is 10.0. The number of carboxylic acid groups (broad SMARTS) is 2. The van der Waals surface area contributed by atoms with Crippen molar-refractivity contribution in [1.82, 2.24) is 25.1 Å². The Morgan fingerprint density at radius 1 is 1.02 bits per heavy atom. The molecular weight excluding hydrogens is 668 g/mol. The van der Waals surface area contributed by atoms with E-state index in [0.29, 0.717) is 79.1 Å². The number of hydrogen-bond acceptors (Lipinski definition) is 11. The number of hydrogen-bond donors (Lipinski definition) is 7. The summed E-state index contributed by atoms with van der Waals surface area (Å²) in [4.78, 5) is 59.7. The fourth-order valence-electron chi connectivity index (χ4n) is 4.15. The van der Waals surface area contributed by atoms with Gasteiger partial charge < -0.3 is 40.3 Å². The molecule has 262 valence electrons. The van der Waals surface area contributed by atoms with Gasteiger partial charge in [0.25, 0.3) is 0 Å². The third kappa shape index (κ3) is 14.6. The van der Waals surface area contributed by atoms with Crippen molar-refractivity contribution in [2.24, 2.45) is 0 Å². The number of nitrogens with zero attached hydrogens (tertiary/aromatic N) is 4. The third-order valence-electron chi connectivity index (χ3n) is 6.31. The van der Waals surface area contributed by atoms with E-state index in [1.165, 1.54) is 24.5 Å². The number of ether oxygens (including phenoxy) is 1. The van der Waals surface area contributed by atoms with Crippen LogP contribution in [0.5, 0.6) is 5.75 Å². The predicted molar refractivity (Wildman–Crippen MR) is 175 cm³/mol. The van der Waals surface area contributed by atoms with Gasteiger partial charge in [-0.3, -0.25) is 14.4 Å². The van der Waals surface area contributed by atoms with Crippen molar-refractivity contribution in [2.45, 2.75) is 19.8 Å². The molecule has 0 aliphatic carbocycles. The summed E-state index contributed by atoms with van der Waals surface area (Å²) < 4.78 is 34.5. The third-order valence-corrected chi connectivity index (χ3v) is 6.83. The van der Waals surface area contributed by atoms with Crippen LogP contribution in [-0.4, -0.2) is 95.8 Å². The SMILES string of the molecule is CCN(CCCOc1ccc2c(Nc3cc(CC(=O)Nc4cccc(F)c4)[nH]n3)ncnc2c1)CCOP(=O)(O)O.O=C(O)C=CC(=O)O. The number of nitrogens with one attached hydrogen (secondary N) is 3. The lowest BCUT2D eigenvalue weighted by Gasteiger charge is -2.20. The van der Waals surface area contributed by atoms with Crippen LogP contribution in [0.15, 0.2) is 67.0 Å². The van der Waals surface area contributed by atoms with Crippen LogP contribution in [0.2, 0.25) is 0 Å². The van der Waals surface area contributed by atoms with Crippen molar-refractivity contribution >= 4 is 53.9 Å². The van der Waals surface area contributed by atoms with E-state index in [1.54, 1.807) is 18.2 Å². The van der Waals surface area contributed by atoms with Crippen molar-refractivity contribution in [3.63, 3.8) is 0 Å². The molecule has 4 aromatic rings. The Labute approximate surface area is 279 Å². The van der Waals surface area contributed by atoms with E-state index in [0.717, 1.165) is 5.39 Å². The van der Waals surface area contributed by atoms with Crippen molar-refractivity contribution in [3.8, 4) is 5.75 Å². The minimum atomic E-state index is -4.46. The van der Waals surface area contributed by atoms with E-state index in [1.807, 2.05) is 24.0 Å². The van der Waals surface area contributed by atoms with Crippen molar-refractivity contribution in [2.75, 3.05) is 43.5 Å². The minimum Gasteiger partial charge on any atom is -0.493 e. The standard InChI is InChI=1S/C26H31FN7O6P.C4H4O4/c1-2-34(10-12-40-41(36,37)38)9-4-11-39-21-7-8-22-23(16-21)28-17-29-26(22)31-24-14-20(32-33-24)15-25(35)30-19-6-3-5-18(27)13-19;5-3(6)1-2-4(7)8/h3,5-8,13-14,16-17H,2,4,9-12,15H2,1H3,(H,30,35)(H2,36,37,38)(H2,28,29,31,32,33);1-2H,(H,5,6)(H,7,8).